The van der Waals surface area contributed by atoms with Gasteiger partial charge in [-0.3, -0.25) is 0 Å². The summed E-state index contributed by atoms with van der Waals surface area (Å²) < 4.78 is 30.8. The molecule has 3 unspecified atom stereocenters. The smallest absolute Gasteiger partial charge is 0.340 e. The van der Waals surface area contributed by atoms with Gasteiger partial charge in [-0.2, -0.15) is 0 Å². The van der Waals surface area contributed by atoms with Gasteiger partial charge in [-0.1, -0.05) is 66.4 Å². The molecule has 3 fully saturated rings. The molecule has 2 saturated heterocycles. The third-order valence-electron chi connectivity index (χ3n) is 7.07. The van der Waals surface area contributed by atoms with Crippen molar-refractivity contribution in [2.45, 2.75) is 48.0 Å². The van der Waals surface area contributed by atoms with Gasteiger partial charge in [0.25, 0.3) is 0 Å². The minimum absolute atomic E-state index is 0.317. The number of carbonyl (C=O) groups excluding carboxylic acids is 2. The van der Waals surface area contributed by atoms with E-state index in [4.69, 9.17) is 23.7 Å². The Morgan fingerprint density at radius 1 is 0.789 bits per heavy atom. The monoisotopic (exact) mass is 532 g/mol. The summed E-state index contributed by atoms with van der Waals surface area (Å²) in [6.45, 7) is 4.00. The summed E-state index contributed by atoms with van der Waals surface area (Å²) in [4.78, 5) is 27.4. The van der Waals surface area contributed by atoms with Crippen molar-refractivity contribution < 1.29 is 33.3 Å². The molecule has 0 bridgehead atoms. The molecule has 196 valence electrons. The summed E-state index contributed by atoms with van der Waals surface area (Å²) in [6.07, 6.45) is -1.08. The molecular formula is C30H28O7S. The Kier molecular flexibility index (Phi) is 6.52. The fraction of sp³-hybridized carbons (Fsp3) is 0.333. The molecular weight excluding hydrogens is 504 g/mol. The van der Waals surface area contributed by atoms with Crippen LogP contribution in [0.2, 0.25) is 0 Å². The first-order valence-corrected chi connectivity index (χ1v) is 13.5. The molecule has 1 saturated carbocycles. The van der Waals surface area contributed by atoms with E-state index in [0.29, 0.717) is 17.7 Å². The molecule has 6 atom stereocenters. The molecule has 6 rings (SSSR count). The SMILES string of the molecule is CC1(C)OC[C@@H]([C@H]2C3C(OC(=O)c4ccccc4)[C@H](Sc4ccccc4)OC32OC(=O)c2ccccc2)O1. The van der Waals surface area contributed by atoms with Crippen LogP contribution in [0.15, 0.2) is 95.9 Å². The Balaban J connectivity index is 1.33. The predicted octanol–water partition coefficient (Wildman–Crippen LogP) is 5.31. The molecule has 7 nitrogen and oxygen atoms in total. The maximum atomic E-state index is 13.2. The molecule has 3 aromatic carbocycles. The number of rotatable bonds is 7. The highest BCUT2D eigenvalue weighted by Gasteiger charge is 2.83. The average Bonchev–Trinajstić information content (AvgIpc) is 3.24. The third kappa shape index (κ3) is 4.73. The van der Waals surface area contributed by atoms with E-state index in [1.165, 1.54) is 11.8 Å². The Hall–Kier alpha value is -3.17. The number of thioether (sulfide) groups is 1. The molecule has 0 aromatic heterocycles. The van der Waals surface area contributed by atoms with Crippen molar-refractivity contribution in [3.05, 3.63) is 102 Å². The predicted molar refractivity (Wildman–Crippen MR) is 139 cm³/mol. The highest BCUT2D eigenvalue weighted by molar-refractivity contribution is 7.99. The van der Waals surface area contributed by atoms with E-state index < -0.39 is 41.0 Å². The van der Waals surface area contributed by atoms with Gasteiger partial charge < -0.3 is 23.7 Å². The van der Waals surface area contributed by atoms with Crippen LogP contribution >= 0.6 is 11.8 Å². The van der Waals surface area contributed by atoms with Crippen LogP contribution in [-0.2, 0) is 23.7 Å². The topological polar surface area (TPSA) is 80.3 Å². The summed E-state index contributed by atoms with van der Waals surface area (Å²) in [5, 5.41) is 0. The molecule has 3 aromatic rings. The van der Waals surface area contributed by atoms with Crippen LogP contribution in [0, 0.1) is 11.8 Å². The molecule has 0 spiro atoms. The number of hydrogen-bond acceptors (Lipinski definition) is 8. The molecule has 3 aliphatic rings. The van der Waals surface area contributed by atoms with E-state index >= 15 is 0 Å². The van der Waals surface area contributed by atoms with Crippen LogP contribution in [0.4, 0.5) is 0 Å². The van der Waals surface area contributed by atoms with Gasteiger partial charge in [0, 0.05) is 4.90 Å². The van der Waals surface area contributed by atoms with Gasteiger partial charge in [0.15, 0.2) is 5.79 Å². The van der Waals surface area contributed by atoms with Crippen LogP contribution in [0.25, 0.3) is 0 Å². The lowest BCUT2D eigenvalue weighted by Crippen LogP contribution is -2.36. The van der Waals surface area contributed by atoms with Gasteiger partial charge >= 0.3 is 11.9 Å². The van der Waals surface area contributed by atoms with E-state index in [1.807, 2.05) is 56.3 Å². The molecule has 1 aliphatic carbocycles. The number of hydrogen-bond donors (Lipinski definition) is 0. The van der Waals surface area contributed by atoms with Gasteiger partial charge in [-0.05, 0) is 50.2 Å². The van der Waals surface area contributed by atoms with Gasteiger partial charge in [0.2, 0.25) is 5.79 Å². The molecule has 0 radical (unpaired) electrons. The maximum Gasteiger partial charge on any atom is 0.340 e. The first-order chi connectivity index (χ1) is 18.4. The normalized spacial score (nSPS) is 30.8. The Labute approximate surface area is 225 Å². The highest BCUT2D eigenvalue weighted by atomic mass is 32.2. The van der Waals surface area contributed by atoms with Crippen molar-refractivity contribution in [1.29, 1.82) is 0 Å². The van der Waals surface area contributed by atoms with Gasteiger partial charge in [0.1, 0.15) is 11.5 Å². The van der Waals surface area contributed by atoms with E-state index in [2.05, 4.69) is 0 Å². The molecule has 2 heterocycles. The fourth-order valence-corrected chi connectivity index (χ4v) is 6.48. The average molecular weight is 533 g/mol. The van der Waals surface area contributed by atoms with Gasteiger partial charge in [0.05, 0.1) is 35.7 Å². The molecule has 2 aliphatic heterocycles. The van der Waals surface area contributed by atoms with Crippen LogP contribution < -0.4 is 0 Å². The summed E-state index contributed by atoms with van der Waals surface area (Å²) in [5.74, 6) is -3.84. The summed E-state index contributed by atoms with van der Waals surface area (Å²) in [7, 11) is 0. The molecule has 0 amide bonds. The van der Waals surface area contributed by atoms with E-state index in [9.17, 15) is 9.59 Å². The Morgan fingerprint density at radius 2 is 1.37 bits per heavy atom. The minimum atomic E-state index is -1.31. The molecule has 0 N–H and O–H groups in total. The summed E-state index contributed by atoms with van der Waals surface area (Å²) in [5.41, 5.74) is 0.259. The van der Waals surface area contributed by atoms with Crippen LogP contribution in [-0.4, -0.2) is 47.8 Å². The van der Waals surface area contributed by atoms with Gasteiger partial charge in [-0.15, -0.1) is 0 Å². The standard InChI is InChI=1S/C30H28O7S/c1-29(2)33-18-22(35-29)23-24-25(34-26(31)19-12-6-3-7-13-19)28(38-21-16-10-5-11-17-21)37-30(23,24)36-27(32)20-14-8-4-9-15-20/h3-17,22-25,28H,18H2,1-2H3/t22-,23-,24?,25?,28-,30?/m0/s1. The number of benzene rings is 3. The Bertz CT molecular complexity index is 1300. The van der Waals surface area contributed by atoms with Crippen LogP contribution in [0.3, 0.4) is 0 Å². The van der Waals surface area contributed by atoms with Crippen molar-refractivity contribution in [3.63, 3.8) is 0 Å². The zero-order chi connectivity index (χ0) is 26.3. The second-order valence-corrected chi connectivity index (χ2v) is 11.2. The largest absolute Gasteiger partial charge is 0.454 e. The van der Waals surface area contributed by atoms with Crippen molar-refractivity contribution in [1.82, 2.24) is 0 Å². The van der Waals surface area contributed by atoms with Gasteiger partial charge in [-0.25, -0.2) is 9.59 Å². The number of esters is 2. The number of ether oxygens (including phenoxy) is 5. The summed E-state index contributed by atoms with van der Waals surface area (Å²) in [6, 6.07) is 27.3. The maximum absolute atomic E-state index is 13.2. The number of fused-ring (bicyclic) bond motifs is 1. The Morgan fingerprint density at radius 3 is 1.95 bits per heavy atom. The van der Waals surface area contributed by atoms with Crippen molar-refractivity contribution in [3.8, 4) is 0 Å². The lowest BCUT2D eigenvalue weighted by atomic mass is 10.1. The lowest BCUT2D eigenvalue weighted by molar-refractivity contribution is -0.169. The zero-order valence-corrected chi connectivity index (χ0v) is 21.8. The van der Waals surface area contributed by atoms with Crippen molar-refractivity contribution >= 4 is 23.7 Å². The van der Waals surface area contributed by atoms with E-state index in [0.717, 1.165) is 4.90 Å². The zero-order valence-electron chi connectivity index (χ0n) is 21.0. The van der Waals surface area contributed by atoms with Crippen molar-refractivity contribution in [2.75, 3.05) is 6.61 Å². The fourth-order valence-electron chi connectivity index (χ4n) is 5.34. The van der Waals surface area contributed by atoms with Crippen molar-refractivity contribution in [2.24, 2.45) is 11.8 Å². The van der Waals surface area contributed by atoms with E-state index in [-0.39, 0.29) is 12.0 Å². The molecule has 38 heavy (non-hydrogen) atoms. The van der Waals surface area contributed by atoms with Crippen LogP contribution in [0.5, 0.6) is 0 Å². The lowest BCUT2D eigenvalue weighted by Gasteiger charge is -2.27. The molecule has 8 heteroatoms. The minimum Gasteiger partial charge on any atom is -0.454 e. The quantitative estimate of drug-likeness (QED) is 0.379. The number of carbonyl (C=O) groups is 2. The third-order valence-corrected chi connectivity index (χ3v) is 8.21. The van der Waals surface area contributed by atoms with E-state index in [1.54, 1.807) is 48.5 Å². The van der Waals surface area contributed by atoms with Crippen LogP contribution in [0.1, 0.15) is 34.6 Å². The second-order valence-electron chi connectivity index (χ2n) is 10.0. The first-order valence-electron chi connectivity index (χ1n) is 12.6. The summed E-state index contributed by atoms with van der Waals surface area (Å²) >= 11 is 1.43. The second kappa shape index (κ2) is 9.85. The highest BCUT2D eigenvalue weighted by Crippen LogP contribution is 2.67. The first kappa shape index (κ1) is 25.1.